The van der Waals surface area contributed by atoms with Gasteiger partial charge in [0.1, 0.15) is 11.3 Å². The Bertz CT molecular complexity index is 537. The van der Waals surface area contributed by atoms with Crippen LogP contribution in [0.4, 0.5) is 0 Å². The number of ether oxygens (including phenoxy) is 1. The van der Waals surface area contributed by atoms with Crippen molar-refractivity contribution in [3.8, 4) is 5.75 Å². The summed E-state index contributed by atoms with van der Waals surface area (Å²) >= 11 is 0. The summed E-state index contributed by atoms with van der Waals surface area (Å²) in [6.45, 7) is 3.24. The fraction of sp³-hybridized carbons (Fsp3) is 0. The molecule has 0 amide bonds. The van der Waals surface area contributed by atoms with Gasteiger partial charge < -0.3 is 14.9 Å². The zero-order valence-electron chi connectivity index (χ0n) is 9.70. The Morgan fingerprint density at radius 1 is 1.05 bits per heavy atom. The lowest BCUT2D eigenvalue weighted by Gasteiger charge is -2.01. The highest BCUT2D eigenvalue weighted by atomic mass is 16.5. The third-order valence-electron chi connectivity index (χ3n) is 2.04. The van der Waals surface area contributed by atoms with Crippen LogP contribution in [0.1, 0.15) is 5.56 Å². The Labute approximate surface area is 108 Å². The van der Waals surface area contributed by atoms with E-state index in [9.17, 15) is 14.4 Å². The first-order valence-electron chi connectivity index (χ1n) is 5.06. The molecule has 0 aromatic heterocycles. The average molecular weight is 262 g/mol. The van der Waals surface area contributed by atoms with Gasteiger partial charge in [-0.3, -0.25) is 0 Å². The van der Waals surface area contributed by atoms with E-state index >= 15 is 0 Å². The number of hydrogen-bond acceptors (Lipinski definition) is 4. The van der Waals surface area contributed by atoms with Crippen LogP contribution >= 0.6 is 0 Å². The SMILES string of the molecule is C=CC(=O)Oc1ccc(C=C(C(=O)O)C(=O)O)cc1. The number of rotatable bonds is 5. The molecule has 1 rings (SSSR count). The Morgan fingerprint density at radius 3 is 2.00 bits per heavy atom. The van der Waals surface area contributed by atoms with Gasteiger partial charge in [0.05, 0.1) is 0 Å². The number of aliphatic carboxylic acids is 2. The monoisotopic (exact) mass is 262 g/mol. The molecule has 0 saturated carbocycles. The van der Waals surface area contributed by atoms with Crippen LogP contribution in [-0.4, -0.2) is 28.1 Å². The van der Waals surface area contributed by atoms with Crippen LogP contribution in [0.5, 0.6) is 5.75 Å². The molecule has 0 fully saturated rings. The third-order valence-corrected chi connectivity index (χ3v) is 2.04. The summed E-state index contributed by atoms with van der Waals surface area (Å²) in [6.07, 6.45) is 2.00. The Hall–Kier alpha value is -2.89. The van der Waals surface area contributed by atoms with Gasteiger partial charge in [0.15, 0.2) is 0 Å². The Kier molecular flexibility index (Phi) is 4.59. The van der Waals surface area contributed by atoms with E-state index in [1.54, 1.807) is 0 Å². The van der Waals surface area contributed by atoms with Crippen molar-refractivity contribution in [2.24, 2.45) is 0 Å². The van der Waals surface area contributed by atoms with Crippen molar-refractivity contribution in [3.05, 3.63) is 48.1 Å². The third kappa shape index (κ3) is 4.12. The summed E-state index contributed by atoms with van der Waals surface area (Å²) < 4.78 is 4.81. The topological polar surface area (TPSA) is 101 Å². The maximum Gasteiger partial charge on any atom is 0.343 e. The highest BCUT2D eigenvalue weighted by molar-refractivity contribution is 6.16. The molecule has 2 N–H and O–H groups in total. The second kappa shape index (κ2) is 6.15. The number of carboxylic acids is 2. The molecular formula is C13H10O6. The first-order valence-corrected chi connectivity index (χ1v) is 5.06. The molecule has 0 saturated heterocycles. The zero-order chi connectivity index (χ0) is 14.4. The summed E-state index contributed by atoms with van der Waals surface area (Å²) in [7, 11) is 0. The second-order valence-corrected chi connectivity index (χ2v) is 3.36. The van der Waals surface area contributed by atoms with Crippen LogP contribution in [0.15, 0.2) is 42.5 Å². The van der Waals surface area contributed by atoms with Gasteiger partial charge in [0.2, 0.25) is 0 Å². The molecule has 19 heavy (non-hydrogen) atoms. The largest absolute Gasteiger partial charge is 0.477 e. The number of hydrogen-bond donors (Lipinski definition) is 2. The summed E-state index contributed by atoms with van der Waals surface area (Å²) in [6, 6.07) is 5.68. The van der Waals surface area contributed by atoms with Gasteiger partial charge in [-0.25, -0.2) is 14.4 Å². The molecule has 0 aliphatic carbocycles. The number of carbonyl (C=O) groups excluding carboxylic acids is 1. The van der Waals surface area contributed by atoms with E-state index in [0.717, 1.165) is 12.2 Å². The molecule has 1 aromatic rings. The smallest absolute Gasteiger partial charge is 0.343 e. The van der Waals surface area contributed by atoms with E-state index in [-0.39, 0.29) is 5.75 Å². The first kappa shape index (κ1) is 14.2. The van der Waals surface area contributed by atoms with Crippen LogP contribution in [0.25, 0.3) is 6.08 Å². The lowest BCUT2D eigenvalue weighted by Crippen LogP contribution is -2.10. The lowest BCUT2D eigenvalue weighted by atomic mass is 10.1. The molecule has 0 spiro atoms. The van der Waals surface area contributed by atoms with Gasteiger partial charge in [0, 0.05) is 6.08 Å². The molecule has 0 aliphatic heterocycles. The Balaban J connectivity index is 2.95. The van der Waals surface area contributed by atoms with Crippen molar-refractivity contribution in [2.45, 2.75) is 0 Å². The van der Waals surface area contributed by atoms with E-state index in [2.05, 4.69) is 6.58 Å². The van der Waals surface area contributed by atoms with Gasteiger partial charge in [0.25, 0.3) is 0 Å². The minimum Gasteiger partial charge on any atom is -0.477 e. The van der Waals surface area contributed by atoms with Crippen molar-refractivity contribution in [1.29, 1.82) is 0 Å². The predicted molar refractivity (Wildman–Crippen MR) is 65.5 cm³/mol. The number of esters is 1. The summed E-state index contributed by atoms with van der Waals surface area (Å²) in [5.74, 6) is -3.45. The van der Waals surface area contributed by atoms with Crippen molar-refractivity contribution in [1.82, 2.24) is 0 Å². The van der Waals surface area contributed by atoms with Gasteiger partial charge in [-0.05, 0) is 23.8 Å². The van der Waals surface area contributed by atoms with Gasteiger partial charge in [-0.1, -0.05) is 18.7 Å². The Morgan fingerprint density at radius 2 is 1.58 bits per heavy atom. The van der Waals surface area contributed by atoms with E-state index < -0.39 is 23.5 Å². The standard InChI is InChI=1S/C13H10O6/c1-2-11(14)19-9-5-3-8(4-6-9)7-10(12(15)16)13(17)18/h2-7H,1H2,(H,15,16)(H,17,18). The fourth-order valence-electron chi connectivity index (χ4n) is 1.17. The zero-order valence-corrected chi connectivity index (χ0v) is 9.70. The minimum absolute atomic E-state index is 0.245. The summed E-state index contributed by atoms with van der Waals surface area (Å²) in [5, 5.41) is 17.4. The fourth-order valence-corrected chi connectivity index (χ4v) is 1.17. The van der Waals surface area contributed by atoms with Crippen LogP contribution in [0, 0.1) is 0 Å². The lowest BCUT2D eigenvalue weighted by molar-refractivity contribution is -0.140. The van der Waals surface area contributed by atoms with E-state index in [1.165, 1.54) is 24.3 Å². The van der Waals surface area contributed by atoms with Gasteiger partial charge in [-0.15, -0.1) is 0 Å². The highest BCUT2D eigenvalue weighted by Gasteiger charge is 2.15. The number of carbonyl (C=O) groups is 3. The molecule has 0 unspecified atom stereocenters. The van der Waals surface area contributed by atoms with Crippen molar-refractivity contribution in [3.63, 3.8) is 0 Å². The quantitative estimate of drug-likeness (QED) is 0.273. The van der Waals surface area contributed by atoms with Crippen LogP contribution < -0.4 is 4.74 Å². The van der Waals surface area contributed by atoms with Crippen molar-refractivity contribution in [2.75, 3.05) is 0 Å². The summed E-state index contributed by atoms with van der Waals surface area (Å²) in [4.78, 5) is 32.2. The number of carboxylic acid groups (broad SMARTS) is 2. The van der Waals surface area contributed by atoms with Crippen molar-refractivity contribution < 1.29 is 29.3 Å². The molecule has 0 radical (unpaired) electrons. The minimum atomic E-state index is -1.53. The molecule has 0 heterocycles. The van der Waals surface area contributed by atoms with E-state index in [1.807, 2.05) is 0 Å². The predicted octanol–water partition coefficient (Wildman–Crippen LogP) is 1.33. The molecule has 98 valence electrons. The molecule has 6 nitrogen and oxygen atoms in total. The molecule has 0 bridgehead atoms. The van der Waals surface area contributed by atoms with Gasteiger partial charge in [-0.2, -0.15) is 0 Å². The second-order valence-electron chi connectivity index (χ2n) is 3.36. The molecular weight excluding hydrogens is 252 g/mol. The van der Waals surface area contributed by atoms with Crippen molar-refractivity contribution >= 4 is 24.0 Å². The highest BCUT2D eigenvalue weighted by Crippen LogP contribution is 2.15. The number of benzene rings is 1. The summed E-state index contributed by atoms with van der Waals surface area (Å²) in [5.41, 5.74) is -0.394. The average Bonchev–Trinajstić information content (AvgIpc) is 2.36. The van der Waals surface area contributed by atoms with E-state index in [0.29, 0.717) is 5.56 Å². The van der Waals surface area contributed by atoms with E-state index in [4.69, 9.17) is 14.9 Å². The van der Waals surface area contributed by atoms with Crippen LogP contribution in [-0.2, 0) is 14.4 Å². The maximum absolute atomic E-state index is 10.9. The van der Waals surface area contributed by atoms with Crippen LogP contribution in [0.2, 0.25) is 0 Å². The maximum atomic E-state index is 10.9. The first-order chi connectivity index (χ1) is 8.93. The molecule has 1 aromatic carbocycles. The van der Waals surface area contributed by atoms with Crippen LogP contribution in [0.3, 0.4) is 0 Å². The molecule has 0 atom stereocenters. The molecule has 6 heteroatoms. The molecule has 0 aliphatic rings. The normalized spacial score (nSPS) is 9.26. The van der Waals surface area contributed by atoms with Gasteiger partial charge >= 0.3 is 17.9 Å².